The number of hydrogen-bond acceptors (Lipinski definition) is 5. The van der Waals surface area contributed by atoms with Crippen molar-refractivity contribution in [3.05, 3.63) is 35.0 Å². The van der Waals surface area contributed by atoms with Gasteiger partial charge in [0.2, 0.25) is 5.69 Å². The van der Waals surface area contributed by atoms with Crippen molar-refractivity contribution in [2.24, 2.45) is 0 Å². The Bertz CT molecular complexity index is 582. The lowest BCUT2D eigenvalue weighted by molar-refractivity contribution is 0.0520. The Balaban J connectivity index is 2.39. The molecule has 94 valence electrons. The quantitative estimate of drug-likeness (QED) is 0.855. The number of carbonyl (C=O) groups excluding carboxylic acids is 1. The van der Waals surface area contributed by atoms with Crippen molar-refractivity contribution >= 4 is 23.4 Å². The zero-order chi connectivity index (χ0) is 13.1. The van der Waals surface area contributed by atoms with Gasteiger partial charge in [-0.2, -0.15) is 4.68 Å². The van der Waals surface area contributed by atoms with Crippen LogP contribution in [0.15, 0.2) is 24.3 Å². The van der Waals surface area contributed by atoms with Crippen LogP contribution < -0.4 is 5.73 Å². The number of anilines is 1. The maximum Gasteiger partial charge on any atom is 0.362 e. The van der Waals surface area contributed by atoms with Gasteiger partial charge in [-0.3, -0.25) is 0 Å². The van der Waals surface area contributed by atoms with Crippen molar-refractivity contribution in [1.29, 1.82) is 0 Å². The average molecular weight is 267 g/mol. The summed E-state index contributed by atoms with van der Waals surface area (Å²) in [6.45, 7) is 1.96. The standard InChI is InChI=1S/C11H11ClN4O2/c1-2-18-11(17)9-10(13)16(15-14-9)8-5-3-4-7(12)6-8/h3-6H,2,13H2,1H3. The van der Waals surface area contributed by atoms with Crippen molar-refractivity contribution in [2.45, 2.75) is 6.92 Å². The van der Waals surface area contributed by atoms with E-state index in [0.717, 1.165) is 0 Å². The van der Waals surface area contributed by atoms with Crippen LogP contribution in [0.4, 0.5) is 5.82 Å². The zero-order valence-corrected chi connectivity index (χ0v) is 10.4. The molecule has 0 fully saturated rings. The first-order valence-electron chi connectivity index (χ1n) is 5.27. The monoisotopic (exact) mass is 266 g/mol. The number of halogens is 1. The maximum absolute atomic E-state index is 11.5. The number of carbonyl (C=O) groups is 1. The van der Waals surface area contributed by atoms with Gasteiger partial charge in [-0.15, -0.1) is 5.10 Å². The van der Waals surface area contributed by atoms with Gasteiger partial charge >= 0.3 is 5.97 Å². The summed E-state index contributed by atoms with van der Waals surface area (Å²) in [4.78, 5) is 11.5. The highest BCUT2D eigenvalue weighted by atomic mass is 35.5. The summed E-state index contributed by atoms with van der Waals surface area (Å²) >= 11 is 5.87. The number of hydrogen-bond donors (Lipinski definition) is 1. The lowest BCUT2D eigenvalue weighted by Crippen LogP contribution is -2.09. The summed E-state index contributed by atoms with van der Waals surface area (Å²) in [6, 6.07) is 6.90. The van der Waals surface area contributed by atoms with Crippen molar-refractivity contribution < 1.29 is 9.53 Å². The highest BCUT2D eigenvalue weighted by Gasteiger charge is 2.19. The van der Waals surface area contributed by atoms with Crippen molar-refractivity contribution in [2.75, 3.05) is 12.3 Å². The van der Waals surface area contributed by atoms with E-state index < -0.39 is 5.97 Å². The van der Waals surface area contributed by atoms with Gasteiger partial charge in [0.05, 0.1) is 12.3 Å². The van der Waals surface area contributed by atoms with E-state index in [1.54, 1.807) is 31.2 Å². The molecule has 7 heteroatoms. The van der Waals surface area contributed by atoms with Gasteiger partial charge in [-0.1, -0.05) is 22.9 Å². The maximum atomic E-state index is 11.5. The SMILES string of the molecule is CCOC(=O)c1nnn(-c2cccc(Cl)c2)c1N. The van der Waals surface area contributed by atoms with Crippen LogP contribution >= 0.6 is 11.6 Å². The fraction of sp³-hybridized carbons (Fsp3) is 0.182. The zero-order valence-electron chi connectivity index (χ0n) is 9.63. The number of esters is 1. The van der Waals surface area contributed by atoms with Crippen LogP contribution in [-0.2, 0) is 4.74 Å². The Morgan fingerprint density at radius 3 is 3.00 bits per heavy atom. The number of benzene rings is 1. The Labute approximate surface area is 108 Å². The third-order valence-corrected chi connectivity index (χ3v) is 2.46. The van der Waals surface area contributed by atoms with Crippen LogP contribution in [0.2, 0.25) is 5.02 Å². The molecule has 0 bridgehead atoms. The Kier molecular flexibility index (Phi) is 3.47. The van der Waals surface area contributed by atoms with Gasteiger partial charge in [0.15, 0.2) is 5.82 Å². The molecule has 1 aromatic heterocycles. The summed E-state index contributed by atoms with van der Waals surface area (Å²) in [6.07, 6.45) is 0. The molecule has 0 atom stereocenters. The molecule has 0 aliphatic rings. The molecule has 0 amide bonds. The van der Waals surface area contributed by atoms with Crippen molar-refractivity contribution in [1.82, 2.24) is 15.0 Å². The van der Waals surface area contributed by atoms with Gasteiger partial charge in [0.25, 0.3) is 0 Å². The summed E-state index contributed by atoms with van der Waals surface area (Å²) < 4.78 is 6.15. The van der Waals surface area contributed by atoms with Gasteiger partial charge in [0.1, 0.15) is 0 Å². The molecule has 18 heavy (non-hydrogen) atoms. The van der Waals surface area contributed by atoms with Crippen LogP contribution in [0, 0.1) is 0 Å². The predicted octanol–water partition coefficient (Wildman–Crippen LogP) is 1.68. The number of rotatable bonds is 3. The molecule has 0 saturated carbocycles. The third kappa shape index (κ3) is 2.28. The molecule has 2 aromatic rings. The van der Waals surface area contributed by atoms with E-state index in [1.807, 2.05) is 0 Å². The normalized spacial score (nSPS) is 10.3. The van der Waals surface area contributed by atoms with Crippen LogP contribution in [0.25, 0.3) is 5.69 Å². The largest absolute Gasteiger partial charge is 0.461 e. The van der Waals surface area contributed by atoms with E-state index in [9.17, 15) is 4.79 Å². The first-order chi connectivity index (χ1) is 8.63. The van der Waals surface area contributed by atoms with Crippen molar-refractivity contribution in [3.63, 3.8) is 0 Å². The molecule has 0 spiro atoms. The fourth-order valence-corrected chi connectivity index (χ4v) is 1.62. The molecule has 1 aromatic carbocycles. The number of aromatic nitrogens is 3. The Morgan fingerprint density at radius 1 is 1.56 bits per heavy atom. The lowest BCUT2D eigenvalue weighted by Gasteiger charge is -2.03. The van der Waals surface area contributed by atoms with Crippen LogP contribution in [-0.4, -0.2) is 27.6 Å². The Morgan fingerprint density at radius 2 is 2.33 bits per heavy atom. The van der Waals surface area contributed by atoms with Gasteiger partial charge < -0.3 is 10.5 Å². The molecular weight excluding hydrogens is 256 g/mol. The second-order valence-electron chi connectivity index (χ2n) is 3.44. The highest BCUT2D eigenvalue weighted by Crippen LogP contribution is 2.18. The smallest absolute Gasteiger partial charge is 0.362 e. The number of nitrogens with two attached hydrogens (primary N) is 1. The summed E-state index contributed by atoms with van der Waals surface area (Å²) in [7, 11) is 0. The molecule has 0 aliphatic carbocycles. The molecule has 2 rings (SSSR count). The number of nitrogen functional groups attached to an aromatic ring is 1. The van der Waals surface area contributed by atoms with Crippen LogP contribution in [0.3, 0.4) is 0 Å². The highest BCUT2D eigenvalue weighted by molar-refractivity contribution is 6.30. The van der Waals surface area contributed by atoms with Gasteiger partial charge in [-0.05, 0) is 25.1 Å². The molecule has 0 radical (unpaired) electrons. The summed E-state index contributed by atoms with van der Waals surface area (Å²) in [5, 5.41) is 8.06. The summed E-state index contributed by atoms with van der Waals surface area (Å²) in [5.41, 5.74) is 6.44. The number of ether oxygens (including phenoxy) is 1. The summed E-state index contributed by atoms with van der Waals surface area (Å²) in [5.74, 6) is -0.473. The number of nitrogens with zero attached hydrogens (tertiary/aromatic N) is 3. The minimum absolute atomic E-state index is 0.00294. The van der Waals surface area contributed by atoms with Crippen molar-refractivity contribution in [3.8, 4) is 5.69 Å². The first-order valence-corrected chi connectivity index (χ1v) is 5.65. The second-order valence-corrected chi connectivity index (χ2v) is 3.87. The van der Waals surface area contributed by atoms with Crippen LogP contribution in [0.5, 0.6) is 0 Å². The van der Waals surface area contributed by atoms with E-state index in [4.69, 9.17) is 22.1 Å². The molecular formula is C11H11ClN4O2. The lowest BCUT2D eigenvalue weighted by atomic mass is 10.3. The molecule has 6 nitrogen and oxygen atoms in total. The van der Waals surface area contributed by atoms with E-state index in [1.165, 1.54) is 4.68 Å². The minimum Gasteiger partial charge on any atom is -0.461 e. The molecule has 1 heterocycles. The van der Waals surface area contributed by atoms with E-state index in [-0.39, 0.29) is 18.1 Å². The molecule has 0 aliphatic heterocycles. The van der Waals surface area contributed by atoms with E-state index in [2.05, 4.69) is 10.3 Å². The van der Waals surface area contributed by atoms with E-state index >= 15 is 0 Å². The predicted molar refractivity (Wildman–Crippen MR) is 66.7 cm³/mol. The molecule has 0 unspecified atom stereocenters. The Hall–Kier alpha value is -2.08. The second kappa shape index (κ2) is 5.05. The molecule has 0 saturated heterocycles. The minimum atomic E-state index is -0.594. The first kappa shape index (κ1) is 12.4. The van der Waals surface area contributed by atoms with Gasteiger partial charge in [-0.25, -0.2) is 4.79 Å². The van der Waals surface area contributed by atoms with Gasteiger partial charge in [0, 0.05) is 5.02 Å². The fourth-order valence-electron chi connectivity index (χ4n) is 1.43. The van der Waals surface area contributed by atoms with E-state index in [0.29, 0.717) is 10.7 Å². The topological polar surface area (TPSA) is 83.0 Å². The molecule has 2 N–H and O–H groups in total. The average Bonchev–Trinajstić information content (AvgIpc) is 2.71. The third-order valence-electron chi connectivity index (χ3n) is 2.23. The van der Waals surface area contributed by atoms with Crippen LogP contribution in [0.1, 0.15) is 17.4 Å².